The SMILES string of the molecule is COc1ccc(NC(=O)CN2C(=O)CC(c3ccccc3)S(=O)(=O)c3ccccc32)c(OC)c1. The summed E-state index contributed by atoms with van der Waals surface area (Å²) in [6.07, 6.45) is -0.278. The summed E-state index contributed by atoms with van der Waals surface area (Å²) >= 11 is 0. The molecular formula is C25H24N2O6S. The van der Waals surface area contributed by atoms with Gasteiger partial charge in [-0.2, -0.15) is 0 Å². The van der Waals surface area contributed by atoms with Crippen molar-refractivity contribution >= 4 is 33.0 Å². The molecule has 3 aromatic carbocycles. The molecule has 4 rings (SSSR count). The predicted molar refractivity (Wildman–Crippen MR) is 128 cm³/mol. The van der Waals surface area contributed by atoms with Crippen LogP contribution in [0.2, 0.25) is 0 Å². The van der Waals surface area contributed by atoms with Gasteiger partial charge in [-0.3, -0.25) is 9.59 Å². The Morgan fingerprint density at radius 3 is 2.41 bits per heavy atom. The molecule has 0 aromatic heterocycles. The van der Waals surface area contributed by atoms with Gasteiger partial charge in [-0.05, 0) is 29.8 Å². The Labute approximate surface area is 198 Å². The fourth-order valence-corrected chi connectivity index (χ4v) is 5.88. The second kappa shape index (κ2) is 9.56. The molecule has 9 heteroatoms. The summed E-state index contributed by atoms with van der Waals surface area (Å²) in [4.78, 5) is 27.5. The Hall–Kier alpha value is -3.85. The lowest BCUT2D eigenvalue weighted by atomic mass is 10.1. The highest BCUT2D eigenvalue weighted by atomic mass is 32.2. The van der Waals surface area contributed by atoms with Crippen molar-refractivity contribution in [3.8, 4) is 11.5 Å². The first-order chi connectivity index (χ1) is 16.3. The van der Waals surface area contributed by atoms with Crippen molar-refractivity contribution in [2.24, 2.45) is 0 Å². The van der Waals surface area contributed by atoms with Crippen LogP contribution in [0.4, 0.5) is 11.4 Å². The fourth-order valence-electron chi connectivity index (χ4n) is 3.96. The summed E-state index contributed by atoms with van der Waals surface area (Å²) in [6.45, 7) is -0.359. The number of carbonyl (C=O) groups excluding carboxylic acids is 2. The number of para-hydroxylation sites is 1. The Bertz CT molecular complexity index is 1320. The van der Waals surface area contributed by atoms with Crippen molar-refractivity contribution < 1.29 is 27.5 Å². The van der Waals surface area contributed by atoms with Crippen LogP contribution in [0.1, 0.15) is 17.2 Å². The topological polar surface area (TPSA) is 102 Å². The number of amides is 2. The quantitative estimate of drug-likeness (QED) is 0.579. The van der Waals surface area contributed by atoms with Crippen molar-refractivity contribution in [3.05, 3.63) is 78.4 Å². The number of methoxy groups -OCH3 is 2. The fraction of sp³-hybridized carbons (Fsp3) is 0.200. The van der Waals surface area contributed by atoms with Crippen molar-refractivity contribution in [2.75, 3.05) is 31.0 Å². The van der Waals surface area contributed by atoms with Crippen LogP contribution >= 0.6 is 0 Å². The van der Waals surface area contributed by atoms with Gasteiger partial charge in [0, 0.05) is 12.5 Å². The van der Waals surface area contributed by atoms with E-state index in [2.05, 4.69) is 5.32 Å². The van der Waals surface area contributed by atoms with Gasteiger partial charge in [0.1, 0.15) is 18.0 Å². The summed E-state index contributed by atoms with van der Waals surface area (Å²) in [5.74, 6) is -0.00736. The number of sulfone groups is 1. The van der Waals surface area contributed by atoms with Gasteiger partial charge < -0.3 is 19.7 Å². The zero-order valence-corrected chi connectivity index (χ0v) is 19.5. The van der Waals surface area contributed by atoms with Crippen LogP contribution in [-0.2, 0) is 19.4 Å². The molecule has 1 unspecified atom stereocenters. The van der Waals surface area contributed by atoms with Crippen molar-refractivity contribution in [2.45, 2.75) is 16.6 Å². The monoisotopic (exact) mass is 480 g/mol. The number of fused-ring (bicyclic) bond motifs is 1. The molecule has 1 N–H and O–H groups in total. The molecule has 0 spiro atoms. The van der Waals surface area contributed by atoms with E-state index in [9.17, 15) is 18.0 Å². The molecule has 1 atom stereocenters. The summed E-state index contributed by atoms with van der Waals surface area (Å²) in [7, 11) is -0.893. The molecule has 1 aliphatic rings. The van der Waals surface area contributed by atoms with Gasteiger partial charge in [-0.25, -0.2) is 8.42 Å². The van der Waals surface area contributed by atoms with Crippen LogP contribution in [0.3, 0.4) is 0 Å². The van der Waals surface area contributed by atoms with Crippen LogP contribution in [0.15, 0.2) is 77.7 Å². The highest BCUT2D eigenvalue weighted by Crippen LogP contribution is 2.40. The minimum Gasteiger partial charge on any atom is -0.497 e. The van der Waals surface area contributed by atoms with Gasteiger partial charge in [0.15, 0.2) is 9.84 Å². The molecule has 0 saturated carbocycles. The molecule has 0 fully saturated rings. The lowest BCUT2D eigenvalue weighted by Gasteiger charge is -2.22. The number of anilines is 2. The van der Waals surface area contributed by atoms with Gasteiger partial charge in [-0.1, -0.05) is 42.5 Å². The number of hydrogen-bond acceptors (Lipinski definition) is 6. The molecule has 0 radical (unpaired) electrons. The average molecular weight is 481 g/mol. The summed E-state index contributed by atoms with van der Waals surface area (Å²) in [6, 6.07) is 19.8. The number of carbonyl (C=O) groups is 2. The summed E-state index contributed by atoms with van der Waals surface area (Å²) in [5.41, 5.74) is 1.11. The first-order valence-corrected chi connectivity index (χ1v) is 12.1. The van der Waals surface area contributed by atoms with E-state index in [0.717, 1.165) is 0 Å². The molecule has 0 aliphatic carbocycles. The van der Waals surface area contributed by atoms with E-state index in [-0.39, 0.29) is 23.5 Å². The Morgan fingerprint density at radius 2 is 1.71 bits per heavy atom. The van der Waals surface area contributed by atoms with Gasteiger partial charge in [0.2, 0.25) is 11.8 Å². The van der Waals surface area contributed by atoms with E-state index in [1.54, 1.807) is 66.7 Å². The average Bonchev–Trinajstić information content (AvgIpc) is 2.93. The number of nitrogens with zero attached hydrogens (tertiary/aromatic N) is 1. The van der Waals surface area contributed by atoms with E-state index in [1.807, 2.05) is 0 Å². The van der Waals surface area contributed by atoms with E-state index < -0.39 is 26.9 Å². The predicted octanol–water partition coefficient (Wildman–Crippen LogP) is 3.59. The smallest absolute Gasteiger partial charge is 0.244 e. The number of benzene rings is 3. The Balaban J connectivity index is 1.67. The van der Waals surface area contributed by atoms with Crippen LogP contribution in [0.5, 0.6) is 11.5 Å². The largest absolute Gasteiger partial charge is 0.497 e. The molecule has 1 aliphatic heterocycles. The molecule has 1 heterocycles. The lowest BCUT2D eigenvalue weighted by Crippen LogP contribution is -2.38. The van der Waals surface area contributed by atoms with Crippen LogP contribution in [0.25, 0.3) is 0 Å². The maximum Gasteiger partial charge on any atom is 0.244 e. The van der Waals surface area contributed by atoms with Gasteiger partial charge in [0.05, 0.1) is 35.7 Å². The molecule has 8 nitrogen and oxygen atoms in total. The zero-order chi connectivity index (χ0) is 24.3. The number of rotatable bonds is 6. The summed E-state index contributed by atoms with van der Waals surface area (Å²) < 4.78 is 37.5. The van der Waals surface area contributed by atoms with Crippen LogP contribution in [-0.4, -0.2) is 41.0 Å². The van der Waals surface area contributed by atoms with E-state index in [0.29, 0.717) is 22.7 Å². The second-order valence-corrected chi connectivity index (χ2v) is 9.81. The standard InChI is InChI=1S/C25H24N2O6S/c1-32-18-12-13-19(21(14-18)33-2)26-24(28)16-27-20-10-6-7-11-22(20)34(30,31)23(15-25(27)29)17-8-4-3-5-9-17/h3-14,23H,15-16H2,1-2H3,(H,26,28). The van der Waals surface area contributed by atoms with Crippen LogP contribution in [0, 0.1) is 0 Å². The molecule has 2 amide bonds. The minimum atomic E-state index is -3.88. The number of ether oxygens (including phenoxy) is 2. The first kappa shape index (κ1) is 23.3. The maximum atomic E-state index is 13.5. The van der Waals surface area contributed by atoms with Crippen molar-refractivity contribution in [1.82, 2.24) is 0 Å². The normalized spacial score (nSPS) is 16.8. The van der Waals surface area contributed by atoms with Gasteiger partial charge in [0.25, 0.3) is 0 Å². The second-order valence-electron chi connectivity index (χ2n) is 7.71. The Kier molecular flexibility index (Phi) is 6.56. The Morgan fingerprint density at radius 1 is 1.00 bits per heavy atom. The highest BCUT2D eigenvalue weighted by molar-refractivity contribution is 7.92. The van der Waals surface area contributed by atoms with Gasteiger partial charge >= 0.3 is 0 Å². The van der Waals surface area contributed by atoms with E-state index >= 15 is 0 Å². The van der Waals surface area contributed by atoms with Crippen molar-refractivity contribution in [3.63, 3.8) is 0 Å². The lowest BCUT2D eigenvalue weighted by molar-refractivity contribution is -0.121. The third-order valence-corrected chi connectivity index (χ3v) is 7.80. The number of nitrogens with one attached hydrogen (secondary N) is 1. The van der Waals surface area contributed by atoms with E-state index in [4.69, 9.17) is 9.47 Å². The zero-order valence-electron chi connectivity index (χ0n) is 18.7. The molecule has 3 aromatic rings. The molecule has 176 valence electrons. The van der Waals surface area contributed by atoms with Crippen LogP contribution < -0.4 is 19.7 Å². The molecule has 0 bridgehead atoms. The van der Waals surface area contributed by atoms with Gasteiger partial charge in [-0.15, -0.1) is 0 Å². The summed E-state index contributed by atoms with van der Waals surface area (Å²) in [5, 5.41) is 1.69. The third kappa shape index (κ3) is 4.47. The number of hydrogen-bond donors (Lipinski definition) is 1. The highest BCUT2D eigenvalue weighted by Gasteiger charge is 2.39. The van der Waals surface area contributed by atoms with Crippen molar-refractivity contribution in [1.29, 1.82) is 0 Å². The molecular weight excluding hydrogens is 456 g/mol. The molecule has 0 saturated heterocycles. The third-order valence-electron chi connectivity index (χ3n) is 5.65. The first-order valence-electron chi connectivity index (χ1n) is 10.5. The molecule has 34 heavy (non-hydrogen) atoms. The minimum absolute atomic E-state index is 0.0181. The van der Waals surface area contributed by atoms with E-state index in [1.165, 1.54) is 25.2 Å². The maximum absolute atomic E-state index is 13.5.